The van der Waals surface area contributed by atoms with Crippen molar-refractivity contribution in [3.8, 4) is 0 Å². The van der Waals surface area contributed by atoms with Crippen LogP contribution in [0.5, 0.6) is 0 Å². The van der Waals surface area contributed by atoms with Gasteiger partial charge >= 0.3 is 0 Å². The van der Waals surface area contributed by atoms with Gasteiger partial charge in [-0.1, -0.05) is 72.1 Å². The predicted octanol–water partition coefficient (Wildman–Crippen LogP) is 5.05. The lowest BCUT2D eigenvalue weighted by atomic mass is 10.0. The fourth-order valence-electron chi connectivity index (χ4n) is 3.94. The average Bonchev–Trinajstić information content (AvgIpc) is 2.84. The van der Waals surface area contributed by atoms with Gasteiger partial charge < -0.3 is 16.0 Å². The van der Waals surface area contributed by atoms with Gasteiger partial charge in [-0.15, -0.1) is 0 Å². The monoisotopic (exact) mass is 488 g/mol. The normalized spacial score (nSPS) is 11.8. The highest BCUT2D eigenvalue weighted by molar-refractivity contribution is 5.87. The van der Waals surface area contributed by atoms with E-state index in [1.807, 2.05) is 26.0 Å². The van der Waals surface area contributed by atoms with Gasteiger partial charge in [0.15, 0.2) is 0 Å². The van der Waals surface area contributed by atoms with Crippen LogP contribution in [0.15, 0.2) is 24.5 Å². The standard InChI is InChI=1S/C28H48N4O3/c1-4-5-6-7-8-9-10-11-12-14-27(34)32-25(21-23(2)3)28(35)30-18-13-15-26(33)31-22-24-16-19-29-20-17-24/h16-17,19-20,23,25H,4-15,18,21-22H2,1-3H3,(H,30,35)(H,31,33)(H,32,34). The second-order valence-corrected chi connectivity index (χ2v) is 9.85. The van der Waals surface area contributed by atoms with Crippen molar-refractivity contribution < 1.29 is 14.4 Å². The van der Waals surface area contributed by atoms with Crippen LogP contribution >= 0.6 is 0 Å². The summed E-state index contributed by atoms with van der Waals surface area (Å²) in [5.41, 5.74) is 0.997. The second kappa shape index (κ2) is 19.8. The summed E-state index contributed by atoms with van der Waals surface area (Å²) >= 11 is 0. The Morgan fingerprint density at radius 3 is 2.03 bits per heavy atom. The van der Waals surface area contributed by atoms with Gasteiger partial charge in [-0.2, -0.15) is 0 Å². The zero-order valence-corrected chi connectivity index (χ0v) is 22.2. The first-order chi connectivity index (χ1) is 16.9. The molecule has 198 valence electrons. The fraction of sp³-hybridized carbons (Fsp3) is 0.714. The van der Waals surface area contributed by atoms with Crippen LogP contribution in [0.25, 0.3) is 0 Å². The van der Waals surface area contributed by atoms with Crippen molar-refractivity contribution in [2.75, 3.05) is 6.54 Å². The topological polar surface area (TPSA) is 100 Å². The molecular weight excluding hydrogens is 440 g/mol. The van der Waals surface area contributed by atoms with E-state index in [2.05, 4.69) is 27.9 Å². The van der Waals surface area contributed by atoms with Crippen LogP contribution < -0.4 is 16.0 Å². The highest BCUT2D eigenvalue weighted by atomic mass is 16.2. The summed E-state index contributed by atoms with van der Waals surface area (Å²) < 4.78 is 0. The number of unbranched alkanes of at least 4 members (excludes halogenated alkanes) is 8. The van der Waals surface area contributed by atoms with Gasteiger partial charge in [0.2, 0.25) is 17.7 Å². The van der Waals surface area contributed by atoms with Crippen LogP contribution in [0, 0.1) is 5.92 Å². The van der Waals surface area contributed by atoms with E-state index in [1.54, 1.807) is 12.4 Å². The summed E-state index contributed by atoms with van der Waals surface area (Å²) in [5, 5.41) is 8.68. The van der Waals surface area contributed by atoms with Gasteiger partial charge in [0.05, 0.1) is 0 Å². The third kappa shape index (κ3) is 16.8. The Kier molecular flexibility index (Phi) is 17.3. The maximum absolute atomic E-state index is 12.7. The first-order valence-electron chi connectivity index (χ1n) is 13.6. The van der Waals surface area contributed by atoms with Gasteiger partial charge in [0.25, 0.3) is 0 Å². The molecule has 1 atom stereocenters. The van der Waals surface area contributed by atoms with E-state index in [9.17, 15) is 14.4 Å². The number of carbonyl (C=O) groups is 3. The van der Waals surface area contributed by atoms with Crippen molar-refractivity contribution in [3.63, 3.8) is 0 Å². The summed E-state index contributed by atoms with van der Waals surface area (Å²) in [5.74, 6) is 0.0161. The largest absolute Gasteiger partial charge is 0.354 e. The van der Waals surface area contributed by atoms with Crippen LogP contribution in [-0.2, 0) is 20.9 Å². The minimum Gasteiger partial charge on any atom is -0.354 e. The predicted molar refractivity (Wildman–Crippen MR) is 142 cm³/mol. The van der Waals surface area contributed by atoms with E-state index in [0.717, 1.165) is 18.4 Å². The molecule has 1 aromatic rings. The molecule has 0 fully saturated rings. The Morgan fingerprint density at radius 2 is 1.40 bits per heavy atom. The fourth-order valence-corrected chi connectivity index (χ4v) is 3.94. The zero-order valence-electron chi connectivity index (χ0n) is 22.2. The Hall–Kier alpha value is -2.44. The number of nitrogens with one attached hydrogen (secondary N) is 3. The summed E-state index contributed by atoms with van der Waals surface area (Å²) in [6.45, 7) is 7.19. The first kappa shape index (κ1) is 30.6. The van der Waals surface area contributed by atoms with Crippen LogP contribution in [0.1, 0.15) is 110 Å². The summed E-state index contributed by atoms with van der Waals surface area (Å²) in [4.78, 5) is 41.0. The number of amides is 3. The summed E-state index contributed by atoms with van der Waals surface area (Å²) in [6, 6.07) is 3.19. The lowest BCUT2D eigenvalue weighted by molar-refractivity contribution is -0.129. The van der Waals surface area contributed by atoms with Gasteiger partial charge in [-0.25, -0.2) is 0 Å². The minimum absolute atomic E-state index is 0.0516. The van der Waals surface area contributed by atoms with Crippen LogP contribution in [0.2, 0.25) is 0 Å². The molecule has 0 bridgehead atoms. The van der Waals surface area contributed by atoms with E-state index in [0.29, 0.717) is 38.8 Å². The molecular formula is C28H48N4O3. The minimum atomic E-state index is -0.526. The maximum atomic E-state index is 12.7. The van der Waals surface area contributed by atoms with E-state index < -0.39 is 6.04 Å². The molecule has 3 N–H and O–H groups in total. The Balaban J connectivity index is 2.21. The molecule has 0 radical (unpaired) electrons. The molecule has 0 aliphatic carbocycles. The third-order valence-electron chi connectivity index (χ3n) is 5.99. The van der Waals surface area contributed by atoms with Crippen molar-refractivity contribution in [1.82, 2.24) is 20.9 Å². The van der Waals surface area contributed by atoms with Gasteiger partial charge in [-0.3, -0.25) is 19.4 Å². The average molecular weight is 489 g/mol. The number of hydrogen-bond donors (Lipinski definition) is 3. The molecule has 0 saturated carbocycles. The molecule has 0 aliphatic heterocycles. The molecule has 3 amide bonds. The van der Waals surface area contributed by atoms with Gasteiger partial charge in [0.1, 0.15) is 6.04 Å². The van der Waals surface area contributed by atoms with Crippen molar-refractivity contribution in [2.45, 2.75) is 117 Å². The Bertz CT molecular complexity index is 709. The number of rotatable bonds is 20. The van der Waals surface area contributed by atoms with Crippen molar-refractivity contribution in [2.24, 2.45) is 5.92 Å². The third-order valence-corrected chi connectivity index (χ3v) is 5.99. The summed E-state index contributed by atoms with van der Waals surface area (Å²) in [6.07, 6.45) is 16.2. The quantitative estimate of drug-likeness (QED) is 0.224. The van der Waals surface area contributed by atoms with Crippen molar-refractivity contribution in [3.05, 3.63) is 30.1 Å². The molecule has 1 rings (SSSR count). The van der Waals surface area contributed by atoms with Crippen LogP contribution in [-0.4, -0.2) is 35.3 Å². The first-order valence-corrected chi connectivity index (χ1v) is 13.6. The van der Waals surface area contributed by atoms with E-state index in [-0.39, 0.29) is 23.6 Å². The summed E-state index contributed by atoms with van der Waals surface area (Å²) in [7, 11) is 0. The number of pyridine rings is 1. The number of aromatic nitrogens is 1. The molecule has 35 heavy (non-hydrogen) atoms. The smallest absolute Gasteiger partial charge is 0.242 e. The highest BCUT2D eigenvalue weighted by Crippen LogP contribution is 2.11. The van der Waals surface area contributed by atoms with E-state index >= 15 is 0 Å². The number of hydrogen-bond acceptors (Lipinski definition) is 4. The molecule has 0 spiro atoms. The molecule has 1 unspecified atom stereocenters. The molecule has 7 nitrogen and oxygen atoms in total. The Morgan fingerprint density at radius 1 is 0.800 bits per heavy atom. The lowest BCUT2D eigenvalue weighted by Crippen LogP contribution is -2.47. The molecule has 0 aromatic carbocycles. The maximum Gasteiger partial charge on any atom is 0.242 e. The zero-order chi connectivity index (χ0) is 25.7. The van der Waals surface area contributed by atoms with Crippen LogP contribution in [0.3, 0.4) is 0 Å². The lowest BCUT2D eigenvalue weighted by Gasteiger charge is -2.20. The molecule has 0 aliphatic rings. The second-order valence-electron chi connectivity index (χ2n) is 9.85. The SMILES string of the molecule is CCCCCCCCCCCC(=O)NC(CC(C)C)C(=O)NCCCC(=O)NCc1ccncc1. The van der Waals surface area contributed by atoms with Crippen molar-refractivity contribution in [1.29, 1.82) is 0 Å². The van der Waals surface area contributed by atoms with Crippen LogP contribution in [0.4, 0.5) is 0 Å². The highest BCUT2D eigenvalue weighted by Gasteiger charge is 2.21. The van der Waals surface area contributed by atoms with Gasteiger partial charge in [-0.05, 0) is 42.9 Å². The molecule has 1 aromatic heterocycles. The van der Waals surface area contributed by atoms with E-state index in [4.69, 9.17) is 0 Å². The molecule has 1 heterocycles. The van der Waals surface area contributed by atoms with Crippen molar-refractivity contribution >= 4 is 17.7 Å². The van der Waals surface area contributed by atoms with Gasteiger partial charge in [0, 0.05) is 38.3 Å². The molecule has 0 saturated heterocycles. The molecule has 7 heteroatoms. The van der Waals surface area contributed by atoms with E-state index in [1.165, 1.54) is 44.9 Å². The Labute approximate surface area is 212 Å². The number of nitrogens with zero attached hydrogens (tertiary/aromatic N) is 1. The number of carbonyl (C=O) groups excluding carboxylic acids is 3.